The van der Waals surface area contributed by atoms with Crippen molar-refractivity contribution >= 4 is 51.9 Å². The molecule has 0 unspecified atom stereocenters. The summed E-state index contributed by atoms with van der Waals surface area (Å²) < 4.78 is 0.618. The highest BCUT2D eigenvalue weighted by molar-refractivity contribution is 8.26. The average molecular weight is 341 g/mol. The third kappa shape index (κ3) is 4.07. The SMILES string of the molecule is CCN(CC)CN1C(=O)C(=Cc2ccc(Cl)cc2)SC1=S. The summed E-state index contributed by atoms with van der Waals surface area (Å²) in [5.74, 6) is -0.0214. The van der Waals surface area contributed by atoms with Gasteiger partial charge in [-0.3, -0.25) is 14.6 Å². The topological polar surface area (TPSA) is 23.6 Å². The summed E-state index contributed by atoms with van der Waals surface area (Å²) >= 11 is 12.5. The molecule has 1 amide bonds. The maximum Gasteiger partial charge on any atom is 0.267 e. The van der Waals surface area contributed by atoms with Crippen LogP contribution in [0.5, 0.6) is 0 Å². The molecule has 0 aromatic heterocycles. The van der Waals surface area contributed by atoms with E-state index in [-0.39, 0.29) is 5.91 Å². The number of hydrogen-bond acceptors (Lipinski definition) is 4. The molecule has 6 heteroatoms. The molecule has 1 fully saturated rings. The van der Waals surface area contributed by atoms with Crippen molar-refractivity contribution in [2.75, 3.05) is 19.8 Å². The van der Waals surface area contributed by atoms with E-state index in [9.17, 15) is 4.79 Å². The van der Waals surface area contributed by atoms with E-state index in [1.807, 2.05) is 30.3 Å². The van der Waals surface area contributed by atoms with E-state index in [1.54, 1.807) is 4.90 Å². The zero-order chi connectivity index (χ0) is 15.4. The molecule has 0 spiro atoms. The number of nitrogens with zero attached hydrogens (tertiary/aromatic N) is 2. The van der Waals surface area contributed by atoms with Crippen molar-refractivity contribution in [2.45, 2.75) is 13.8 Å². The summed E-state index contributed by atoms with van der Waals surface area (Å²) in [6.45, 7) is 6.48. The number of thiocarbonyl (C=S) groups is 1. The maximum absolute atomic E-state index is 12.5. The summed E-state index contributed by atoms with van der Waals surface area (Å²) in [7, 11) is 0. The van der Waals surface area contributed by atoms with E-state index in [1.165, 1.54) is 11.8 Å². The van der Waals surface area contributed by atoms with Gasteiger partial charge < -0.3 is 0 Å². The van der Waals surface area contributed by atoms with Crippen molar-refractivity contribution in [3.63, 3.8) is 0 Å². The van der Waals surface area contributed by atoms with Gasteiger partial charge in [0.05, 0.1) is 11.6 Å². The molecule has 0 N–H and O–H groups in total. The third-order valence-corrected chi connectivity index (χ3v) is 4.91. The molecule has 1 aliphatic heterocycles. The Labute approximate surface area is 139 Å². The molecule has 1 aliphatic rings. The Balaban J connectivity index is 2.15. The van der Waals surface area contributed by atoms with Crippen molar-refractivity contribution < 1.29 is 4.79 Å². The van der Waals surface area contributed by atoms with E-state index < -0.39 is 0 Å². The van der Waals surface area contributed by atoms with Gasteiger partial charge in [0.1, 0.15) is 4.32 Å². The fraction of sp³-hybridized carbons (Fsp3) is 0.333. The van der Waals surface area contributed by atoms with Crippen molar-refractivity contribution in [3.05, 3.63) is 39.8 Å². The van der Waals surface area contributed by atoms with Crippen LogP contribution in [0.4, 0.5) is 0 Å². The first-order chi connectivity index (χ1) is 10.0. The number of carbonyl (C=O) groups excluding carboxylic acids is 1. The summed E-state index contributed by atoms with van der Waals surface area (Å²) in [4.78, 5) is 16.9. The van der Waals surface area contributed by atoms with Crippen LogP contribution in [-0.2, 0) is 4.79 Å². The fourth-order valence-electron chi connectivity index (χ4n) is 1.96. The second kappa shape index (κ2) is 7.40. The van der Waals surface area contributed by atoms with Crippen LogP contribution in [0.15, 0.2) is 29.2 Å². The second-order valence-electron chi connectivity index (χ2n) is 4.61. The summed E-state index contributed by atoms with van der Waals surface area (Å²) in [6, 6.07) is 7.40. The number of carbonyl (C=O) groups is 1. The molecule has 1 aromatic carbocycles. The Kier molecular flexibility index (Phi) is 5.81. The summed E-state index contributed by atoms with van der Waals surface area (Å²) in [5, 5.41) is 0.682. The first-order valence-electron chi connectivity index (χ1n) is 6.78. The van der Waals surface area contributed by atoms with Gasteiger partial charge in [0.2, 0.25) is 0 Å². The molecule has 0 bridgehead atoms. The quantitative estimate of drug-likeness (QED) is 0.600. The first kappa shape index (κ1) is 16.5. The Morgan fingerprint density at radius 3 is 2.48 bits per heavy atom. The van der Waals surface area contributed by atoms with Gasteiger partial charge in [0.25, 0.3) is 5.91 Å². The molecule has 3 nitrogen and oxygen atoms in total. The number of hydrogen-bond donors (Lipinski definition) is 0. The van der Waals surface area contributed by atoms with Gasteiger partial charge in [0.15, 0.2) is 0 Å². The molecule has 0 radical (unpaired) electrons. The fourth-order valence-corrected chi connectivity index (χ4v) is 3.32. The summed E-state index contributed by atoms with van der Waals surface area (Å²) in [6.07, 6.45) is 1.86. The number of rotatable bonds is 5. The Bertz CT molecular complexity index is 568. The molecule has 1 saturated heterocycles. The Morgan fingerprint density at radius 1 is 1.29 bits per heavy atom. The van der Waals surface area contributed by atoms with Crippen LogP contribution in [0.3, 0.4) is 0 Å². The normalized spacial score (nSPS) is 17.3. The Morgan fingerprint density at radius 2 is 1.90 bits per heavy atom. The van der Waals surface area contributed by atoms with E-state index >= 15 is 0 Å². The van der Waals surface area contributed by atoms with Gasteiger partial charge >= 0.3 is 0 Å². The second-order valence-corrected chi connectivity index (χ2v) is 6.72. The van der Waals surface area contributed by atoms with E-state index in [0.29, 0.717) is 20.9 Å². The molecular weight excluding hydrogens is 324 g/mol. The zero-order valence-corrected chi connectivity index (χ0v) is 14.4. The summed E-state index contributed by atoms with van der Waals surface area (Å²) in [5.41, 5.74) is 0.947. The molecule has 0 saturated carbocycles. The predicted octanol–water partition coefficient (Wildman–Crippen LogP) is 3.84. The number of benzene rings is 1. The molecule has 1 aromatic rings. The number of thioether (sulfide) groups is 1. The monoisotopic (exact) mass is 340 g/mol. The van der Waals surface area contributed by atoms with Gasteiger partial charge in [-0.05, 0) is 36.9 Å². The molecule has 2 rings (SSSR count). The van der Waals surface area contributed by atoms with E-state index in [2.05, 4.69) is 18.7 Å². The highest BCUT2D eigenvalue weighted by Crippen LogP contribution is 2.32. The Hall–Kier alpha value is -0.880. The van der Waals surface area contributed by atoms with Gasteiger partial charge in [-0.2, -0.15) is 0 Å². The highest BCUT2D eigenvalue weighted by Gasteiger charge is 2.32. The van der Waals surface area contributed by atoms with Crippen LogP contribution in [0, 0.1) is 0 Å². The molecule has 1 heterocycles. The van der Waals surface area contributed by atoms with E-state index in [4.69, 9.17) is 23.8 Å². The maximum atomic E-state index is 12.5. The van der Waals surface area contributed by atoms with Crippen LogP contribution >= 0.6 is 35.6 Å². The van der Waals surface area contributed by atoms with Crippen LogP contribution in [0.25, 0.3) is 6.08 Å². The third-order valence-electron chi connectivity index (χ3n) is 3.28. The largest absolute Gasteiger partial charge is 0.286 e. The zero-order valence-electron chi connectivity index (χ0n) is 12.0. The lowest BCUT2D eigenvalue weighted by Crippen LogP contribution is -2.40. The minimum Gasteiger partial charge on any atom is -0.286 e. The standard InChI is InChI=1S/C15H17ClN2OS2/c1-3-17(4-2)10-18-14(19)13(21-15(18)20)9-11-5-7-12(16)8-6-11/h5-9H,3-4,10H2,1-2H3. The van der Waals surface area contributed by atoms with Crippen LogP contribution in [0.1, 0.15) is 19.4 Å². The van der Waals surface area contributed by atoms with Gasteiger partial charge in [-0.1, -0.05) is 61.6 Å². The molecular formula is C15H17ClN2OS2. The van der Waals surface area contributed by atoms with E-state index in [0.717, 1.165) is 18.7 Å². The number of amides is 1. The van der Waals surface area contributed by atoms with Gasteiger partial charge in [-0.25, -0.2) is 0 Å². The molecule has 21 heavy (non-hydrogen) atoms. The van der Waals surface area contributed by atoms with Crippen molar-refractivity contribution in [1.29, 1.82) is 0 Å². The van der Waals surface area contributed by atoms with Crippen LogP contribution in [-0.4, -0.2) is 39.8 Å². The van der Waals surface area contributed by atoms with Gasteiger partial charge in [0, 0.05) is 5.02 Å². The van der Waals surface area contributed by atoms with Crippen LogP contribution in [0.2, 0.25) is 5.02 Å². The minimum absolute atomic E-state index is 0.0214. The lowest BCUT2D eigenvalue weighted by molar-refractivity contribution is -0.123. The predicted molar refractivity (Wildman–Crippen MR) is 94.3 cm³/mol. The van der Waals surface area contributed by atoms with Crippen molar-refractivity contribution in [2.24, 2.45) is 0 Å². The first-order valence-corrected chi connectivity index (χ1v) is 8.38. The van der Waals surface area contributed by atoms with Crippen LogP contribution < -0.4 is 0 Å². The number of halogens is 1. The minimum atomic E-state index is -0.0214. The lowest BCUT2D eigenvalue weighted by atomic mass is 10.2. The lowest BCUT2D eigenvalue weighted by Gasteiger charge is -2.24. The van der Waals surface area contributed by atoms with Crippen molar-refractivity contribution in [3.8, 4) is 0 Å². The molecule has 0 atom stereocenters. The molecule has 112 valence electrons. The smallest absolute Gasteiger partial charge is 0.267 e. The average Bonchev–Trinajstić information content (AvgIpc) is 2.74. The van der Waals surface area contributed by atoms with Crippen molar-refractivity contribution in [1.82, 2.24) is 9.80 Å². The highest BCUT2D eigenvalue weighted by atomic mass is 35.5. The molecule has 0 aliphatic carbocycles. The van der Waals surface area contributed by atoms with Gasteiger partial charge in [-0.15, -0.1) is 0 Å².